The Labute approximate surface area is 72.7 Å². The van der Waals surface area contributed by atoms with Crippen molar-refractivity contribution >= 4 is 5.97 Å². The maximum absolute atomic E-state index is 11.1. The number of methoxy groups -OCH3 is 1. The lowest BCUT2D eigenvalue weighted by atomic mass is 9.87. The third kappa shape index (κ3) is 1.61. The molecule has 0 radical (unpaired) electrons. The Balaban J connectivity index is 2.61. The highest BCUT2D eigenvalue weighted by atomic mass is 16.5. The summed E-state index contributed by atoms with van der Waals surface area (Å²) in [5.74, 6) is -0.690. The number of hydrogen-bond acceptors (Lipinski definition) is 3. The first-order chi connectivity index (χ1) is 5.60. The maximum atomic E-state index is 11.1. The number of ether oxygens (including phenoxy) is 1. The monoisotopic (exact) mass is 172 g/mol. The van der Waals surface area contributed by atoms with Gasteiger partial charge in [0.15, 0.2) is 0 Å². The third-order valence-corrected chi connectivity index (χ3v) is 2.83. The molecule has 1 N–H and O–H groups in total. The van der Waals surface area contributed by atoms with Crippen LogP contribution in [0.4, 0.5) is 0 Å². The van der Waals surface area contributed by atoms with Gasteiger partial charge in [0.05, 0.1) is 18.6 Å². The largest absolute Gasteiger partial charge is 0.469 e. The molecule has 1 aliphatic rings. The third-order valence-electron chi connectivity index (χ3n) is 2.83. The Morgan fingerprint density at radius 1 is 1.50 bits per heavy atom. The summed E-state index contributed by atoms with van der Waals surface area (Å²) in [6.07, 6.45) is 3.47. The maximum Gasteiger partial charge on any atom is 0.311 e. The number of carbonyl (C=O) groups excluding carboxylic acids is 1. The lowest BCUT2D eigenvalue weighted by Gasteiger charge is -2.27. The van der Waals surface area contributed by atoms with Gasteiger partial charge in [-0.2, -0.15) is 0 Å². The van der Waals surface area contributed by atoms with Gasteiger partial charge in [-0.15, -0.1) is 0 Å². The van der Waals surface area contributed by atoms with Crippen molar-refractivity contribution in [3.05, 3.63) is 0 Å². The van der Waals surface area contributed by atoms with Crippen molar-refractivity contribution in [1.29, 1.82) is 0 Å². The minimum absolute atomic E-state index is 0.306. The van der Waals surface area contributed by atoms with Crippen molar-refractivity contribution in [3.63, 3.8) is 0 Å². The van der Waals surface area contributed by atoms with Gasteiger partial charge >= 0.3 is 5.97 Å². The topological polar surface area (TPSA) is 46.5 Å². The van der Waals surface area contributed by atoms with Gasteiger partial charge in [0.1, 0.15) is 0 Å². The van der Waals surface area contributed by atoms with Gasteiger partial charge in [-0.05, 0) is 19.8 Å². The molecular formula is C9H16O3. The highest BCUT2D eigenvalue weighted by Gasteiger charge is 2.41. The van der Waals surface area contributed by atoms with E-state index < -0.39 is 5.60 Å². The molecule has 0 amide bonds. The number of esters is 1. The van der Waals surface area contributed by atoms with Crippen LogP contribution < -0.4 is 0 Å². The Hall–Kier alpha value is -0.570. The number of hydrogen-bond donors (Lipinski definition) is 1. The van der Waals surface area contributed by atoms with E-state index >= 15 is 0 Å². The second kappa shape index (κ2) is 3.44. The van der Waals surface area contributed by atoms with Crippen LogP contribution in [0.15, 0.2) is 0 Å². The molecule has 70 valence electrons. The Bertz CT molecular complexity index is 171. The molecular weight excluding hydrogens is 156 g/mol. The van der Waals surface area contributed by atoms with Crippen LogP contribution in [0.25, 0.3) is 0 Å². The van der Waals surface area contributed by atoms with E-state index in [1.54, 1.807) is 6.92 Å². The molecule has 0 bridgehead atoms. The molecule has 1 atom stereocenters. The van der Waals surface area contributed by atoms with Crippen molar-refractivity contribution in [2.24, 2.45) is 5.92 Å². The van der Waals surface area contributed by atoms with Gasteiger partial charge in [0.25, 0.3) is 0 Å². The zero-order valence-corrected chi connectivity index (χ0v) is 7.67. The molecule has 0 heterocycles. The molecule has 0 aromatic carbocycles. The van der Waals surface area contributed by atoms with E-state index in [0.29, 0.717) is 0 Å². The molecule has 0 aliphatic heterocycles. The molecule has 0 aromatic heterocycles. The summed E-state index contributed by atoms with van der Waals surface area (Å²) in [6.45, 7) is 1.73. The fraction of sp³-hybridized carbons (Fsp3) is 0.889. The Kier molecular flexibility index (Phi) is 2.73. The zero-order valence-electron chi connectivity index (χ0n) is 7.67. The SMILES string of the molecule is COC(=O)[C@H](C)C1(O)CCCC1. The van der Waals surface area contributed by atoms with Crippen molar-refractivity contribution < 1.29 is 14.6 Å². The number of rotatable bonds is 2. The minimum atomic E-state index is -0.799. The smallest absolute Gasteiger partial charge is 0.311 e. The van der Waals surface area contributed by atoms with Crippen LogP contribution >= 0.6 is 0 Å². The van der Waals surface area contributed by atoms with E-state index in [2.05, 4.69) is 4.74 Å². The van der Waals surface area contributed by atoms with Crippen LogP contribution in [0.2, 0.25) is 0 Å². The average molecular weight is 172 g/mol. The first-order valence-corrected chi connectivity index (χ1v) is 4.40. The van der Waals surface area contributed by atoms with E-state index in [9.17, 15) is 9.90 Å². The molecule has 1 aliphatic carbocycles. The van der Waals surface area contributed by atoms with Crippen molar-refractivity contribution in [2.45, 2.75) is 38.2 Å². The quantitative estimate of drug-likeness (QED) is 0.634. The molecule has 1 rings (SSSR count). The second-order valence-electron chi connectivity index (χ2n) is 3.56. The van der Waals surface area contributed by atoms with Crippen molar-refractivity contribution in [1.82, 2.24) is 0 Å². The predicted molar refractivity (Wildman–Crippen MR) is 44.6 cm³/mol. The Morgan fingerprint density at radius 2 is 2.00 bits per heavy atom. The normalized spacial score (nSPS) is 23.6. The highest BCUT2D eigenvalue weighted by molar-refractivity contribution is 5.73. The zero-order chi connectivity index (χ0) is 9.19. The summed E-state index contributed by atoms with van der Waals surface area (Å²) < 4.78 is 4.59. The van der Waals surface area contributed by atoms with Crippen LogP contribution in [0.3, 0.4) is 0 Å². The van der Waals surface area contributed by atoms with Crippen molar-refractivity contribution in [3.8, 4) is 0 Å². The summed E-state index contributed by atoms with van der Waals surface area (Å²) in [7, 11) is 1.36. The van der Waals surface area contributed by atoms with E-state index in [1.807, 2.05) is 0 Å². The van der Waals surface area contributed by atoms with Crippen LogP contribution in [0.5, 0.6) is 0 Å². The van der Waals surface area contributed by atoms with Gasteiger partial charge in [-0.1, -0.05) is 12.8 Å². The number of carbonyl (C=O) groups is 1. The summed E-state index contributed by atoms with van der Waals surface area (Å²) in [6, 6.07) is 0. The highest BCUT2D eigenvalue weighted by Crippen LogP contribution is 2.36. The van der Waals surface area contributed by atoms with E-state index in [4.69, 9.17) is 0 Å². The molecule has 0 unspecified atom stereocenters. The summed E-state index contributed by atoms with van der Waals surface area (Å²) in [4.78, 5) is 11.1. The molecule has 12 heavy (non-hydrogen) atoms. The van der Waals surface area contributed by atoms with E-state index in [1.165, 1.54) is 7.11 Å². The van der Waals surface area contributed by atoms with Gasteiger partial charge in [-0.25, -0.2) is 0 Å². The van der Waals surface area contributed by atoms with Gasteiger partial charge in [-0.3, -0.25) is 4.79 Å². The van der Waals surface area contributed by atoms with E-state index in [-0.39, 0.29) is 11.9 Å². The summed E-state index contributed by atoms with van der Waals surface area (Å²) in [5.41, 5.74) is -0.799. The first-order valence-electron chi connectivity index (χ1n) is 4.40. The second-order valence-corrected chi connectivity index (χ2v) is 3.56. The van der Waals surface area contributed by atoms with E-state index in [0.717, 1.165) is 25.7 Å². The average Bonchev–Trinajstić information content (AvgIpc) is 2.50. The first kappa shape index (κ1) is 9.52. The fourth-order valence-corrected chi connectivity index (χ4v) is 1.82. The number of aliphatic hydroxyl groups is 1. The van der Waals surface area contributed by atoms with Gasteiger partial charge in [0.2, 0.25) is 0 Å². The molecule has 3 heteroatoms. The Morgan fingerprint density at radius 3 is 2.42 bits per heavy atom. The standard InChI is InChI=1S/C9H16O3/c1-7(8(10)12-2)9(11)5-3-4-6-9/h7,11H,3-6H2,1-2H3/t7-/m0/s1. The lowest BCUT2D eigenvalue weighted by molar-refractivity contribution is -0.154. The van der Waals surface area contributed by atoms with Gasteiger partial charge < -0.3 is 9.84 Å². The minimum Gasteiger partial charge on any atom is -0.469 e. The van der Waals surface area contributed by atoms with Crippen LogP contribution in [0.1, 0.15) is 32.6 Å². The fourth-order valence-electron chi connectivity index (χ4n) is 1.82. The van der Waals surface area contributed by atoms with Crippen LogP contribution in [0, 0.1) is 5.92 Å². The van der Waals surface area contributed by atoms with Gasteiger partial charge in [0, 0.05) is 0 Å². The van der Waals surface area contributed by atoms with Crippen LogP contribution in [-0.4, -0.2) is 23.8 Å². The molecule has 0 spiro atoms. The lowest BCUT2D eigenvalue weighted by Crippen LogP contribution is -2.38. The summed E-state index contributed by atoms with van der Waals surface area (Å²) >= 11 is 0. The predicted octanol–water partition coefficient (Wildman–Crippen LogP) is 1.10. The van der Waals surface area contributed by atoms with Crippen molar-refractivity contribution in [2.75, 3.05) is 7.11 Å². The summed E-state index contributed by atoms with van der Waals surface area (Å²) in [5, 5.41) is 9.96. The van der Waals surface area contributed by atoms with Crippen LogP contribution in [-0.2, 0) is 9.53 Å². The molecule has 3 nitrogen and oxygen atoms in total. The molecule has 1 fully saturated rings. The molecule has 0 saturated heterocycles. The molecule has 0 aromatic rings. The molecule has 1 saturated carbocycles.